The lowest BCUT2D eigenvalue weighted by Crippen LogP contribution is -2.36. The minimum Gasteiger partial charge on any atom is -0.323 e. The minimum absolute atomic E-state index is 0.209. The number of carbonyl (C=O) groups excluding carboxylic acids is 1. The first kappa shape index (κ1) is 14.1. The summed E-state index contributed by atoms with van der Waals surface area (Å²) in [5, 5.41) is 13.8. The molecule has 0 saturated heterocycles. The number of hydrogen-bond acceptors (Lipinski definition) is 5. The van der Waals surface area contributed by atoms with Crippen LogP contribution in [0.15, 0.2) is 30.6 Å². The maximum atomic E-state index is 12.1. The topological polar surface area (TPSA) is 98.7 Å². The van der Waals surface area contributed by atoms with E-state index in [0.29, 0.717) is 23.7 Å². The Balaban J connectivity index is 2.16. The van der Waals surface area contributed by atoms with Gasteiger partial charge in [-0.1, -0.05) is 26.0 Å². The molecule has 0 aliphatic carbocycles. The highest BCUT2D eigenvalue weighted by Gasteiger charge is 2.16. The molecular formula is C13H18N6O. The molecule has 20 heavy (non-hydrogen) atoms. The number of rotatable bonds is 5. The predicted octanol–water partition coefficient (Wildman–Crippen LogP) is 0.974. The lowest BCUT2D eigenvalue weighted by Gasteiger charge is -2.15. The third-order valence-corrected chi connectivity index (χ3v) is 2.82. The van der Waals surface area contributed by atoms with E-state index >= 15 is 0 Å². The van der Waals surface area contributed by atoms with Crippen molar-refractivity contribution < 1.29 is 4.79 Å². The number of nitrogens with two attached hydrogens (primary N) is 1. The highest BCUT2D eigenvalue weighted by Crippen LogP contribution is 2.18. The van der Waals surface area contributed by atoms with Gasteiger partial charge in [0.05, 0.1) is 17.4 Å². The van der Waals surface area contributed by atoms with Gasteiger partial charge in [0.1, 0.15) is 6.33 Å². The zero-order valence-electron chi connectivity index (χ0n) is 11.5. The van der Waals surface area contributed by atoms with Crippen LogP contribution in [0, 0.1) is 5.92 Å². The second kappa shape index (κ2) is 6.25. The number of aromatic nitrogens is 4. The van der Waals surface area contributed by atoms with Crippen molar-refractivity contribution in [2.45, 2.75) is 26.3 Å². The highest BCUT2D eigenvalue weighted by atomic mass is 16.2. The van der Waals surface area contributed by atoms with E-state index in [9.17, 15) is 4.79 Å². The number of tetrazole rings is 1. The Labute approximate surface area is 117 Å². The van der Waals surface area contributed by atoms with Gasteiger partial charge in [-0.05, 0) is 34.9 Å². The normalized spacial score (nSPS) is 12.4. The first-order valence-electron chi connectivity index (χ1n) is 6.46. The summed E-state index contributed by atoms with van der Waals surface area (Å²) in [6.07, 6.45) is 2.11. The van der Waals surface area contributed by atoms with Crippen LogP contribution in [0.2, 0.25) is 0 Å². The molecule has 1 aromatic carbocycles. The molecule has 1 atom stereocenters. The Bertz CT molecular complexity index is 566. The molecule has 0 fully saturated rings. The average molecular weight is 274 g/mol. The monoisotopic (exact) mass is 274 g/mol. The molecular weight excluding hydrogens is 256 g/mol. The second-order valence-corrected chi connectivity index (χ2v) is 5.00. The zero-order chi connectivity index (χ0) is 14.5. The summed E-state index contributed by atoms with van der Waals surface area (Å²) >= 11 is 0. The van der Waals surface area contributed by atoms with Crippen LogP contribution in [0.5, 0.6) is 0 Å². The quantitative estimate of drug-likeness (QED) is 0.846. The summed E-state index contributed by atoms with van der Waals surface area (Å²) in [5.41, 5.74) is 7.20. The Morgan fingerprint density at radius 1 is 1.40 bits per heavy atom. The van der Waals surface area contributed by atoms with Crippen LogP contribution in [-0.2, 0) is 4.79 Å². The molecule has 0 aliphatic heterocycles. The Kier molecular flexibility index (Phi) is 4.41. The molecule has 1 heterocycles. The van der Waals surface area contributed by atoms with Crippen molar-refractivity contribution in [1.82, 2.24) is 20.2 Å². The summed E-state index contributed by atoms with van der Waals surface area (Å²) in [4.78, 5) is 12.1. The van der Waals surface area contributed by atoms with Crippen LogP contribution < -0.4 is 11.1 Å². The number of benzene rings is 1. The summed E-state index contributed by atoms with van der Waals surface area (Å²) in [6.45, 7) is 4.06. The summed E-state index contributed by atoms with van der Waals surface area (Å²) in [5.74, 6) is 0.157. The number of amides is 1. The lowest BCUT2D eigenvalue weighted by atomic mass is 10.0. The number of nitrogens with one attached hydrogen (secondary N) is 1. The van der Waals surface area contributed by atoms with Crippen molar-refractivity contribution in [3.05, 3.63) is 30.6 Å². The van der Waals surface area contributed by atoms with E-state index in [-0.39, 0.29) is 5.91 Å². The first-order valence-corrected chi connectivity index (χ1v) is 6.46. The van der Waals surface area contributed by atoms with E-state index in [1.54, 1.807) is 6.07 Å². The van der Waals surface area contributed by atoms with Crippen LogP contribution in [0.3, 0.4) is 0 Å². The molecule has 2 aromatic rings. The molecule has 1 unspecified atom stereocenters. The van der Waals surface area contributed by atoms with E-state index in [0.717, 1.165) is 0 Å². The van der Waals surface area contributed by atoms with Gasteiger partial charge in [0, 0.05) is 0 Å². The number of anilines is 1. The number of hydrogen-bond donors (Lipinski definition) is 2. The van der Waals surface area contributed by atoms with Crippen LogP contribution in [-0.4, -0.2) is 32.2 Å². The molecule has 0 aliphatic rings. The second-order valence-electron chi connectivity index (χ2n) is 5.00. The van der Waals surface area contributed by atoms with E-state index < -0.39 is 6.04 Å². The molecule has 0 radical (unpaired) electrons. The fourth-order valence-electron chi connectivity index (χ4n) is 1.89. The largest absolute Gasteiger partial charge is 0.323 e. The van der Waals surface area contributed by atoms with Crippen molar-refractivity contribution in [1.29, 1.82) is 0 Å². The van der Waals surface area contributed by atoms with E-state index in [4.69, 9.17) is 5.73 Å². The predicted molar refractivity (Wildman–Crippen MR) is 75.2 cm³/mol. The Hall–Kier alpha value is -2.28. The molecule has 7 nitrogen and oxygen atoms in total. The van der Waals surface area contributed by atoms with Crippen LogP contribution in [0.25, 0.3) is 5.69 Å². The fraction of sp³-hybridized carbons (Fsp3) is 0.385. The molecule has 7 heteroatoms. The molecule has 0 spiro atoms. The van der Waals surface area contributed by atoms with Gasteiger partial charge in [0.25, 0.3) is 0 Å². The van der Waals surface area contributed by atoms with Gasteiger partial charge in [-0.25, -0.2) is 0 Å². The number of para-hydroxylation sites is 2. The summed E-state index contributed by atoms with van der Waals surface area (Å²) in [6, 6.07) is 6.76. The summed E-state index contributed by atoms with van der Waals surface area (Å²) in [7, 11) is 0. The minimum atomic E-state index is -0.531. The standard InChI is InChI=1S/C13H18N6O/c1-9(2)7-10(14)13(20)16-11-5-3-4-6-12(11)19-8-15-17-18-19/h3-6,8-10H,7,14H2,1-2H3,(H,16,20). The van der Waals surface area contributed by atoms with Gasteiger partial charge >= 0.3 is 0 Å². The zero-order valence-corrected chi connectivity index (χ0v) is 11.5. The van der Waals surface area contributed by atoms with Crippen molar-refractivity contribution in [2.24, 2.45) is 11.7 Å². The molecule has 1 amide bonds. The molecule has 106 valence electrons. The molecule has 2 rings (SSSR count). The number of nitrogens with zero attached hydrogens (tertiary/aromatic N) is 4. The van der Waals surface area contributed by atoms with E-state index in [1.165, 1.54) is 11.0 Å². The SMILES string of the molecule is CC(C)CC(N)C(=O)Nc1ccccc1-n1cnnn1. The lowest BCUT2D eigenvalue weighted by molar-refractivity contribution is -0.117. The van der Waals surface area contributed by atoms with Crippen molar-refractivity contribution in [3.8, 4) is 5.69 Å². The third-order valence-electron chi connectivity index (χ3n) is 2.82. The van der Waals surface area contributed by atoms with Gasteiger partial charge in [-0.15, -0.1) is 5.10 Å². The van der Waals surface area contributed by atoms with Crippen LogP contribution in [0.4, 0.5) is 5.69 Å². The Morgan fingerprint density at radius 3 is 2.80 bits per heavy atom. The van der Waals surface area contributed by atoms with E-state index in [2.05, 4.69) is 20.8 Å². The van der Waals surface area contributed by atoms with Crippen LogP contribution >= 0.6 is 0 Å². The van der Waals surface area contributed by atoms with Crippen molar-refractivity contribution >= 4 is 11.6 Å². The molecule has 1 aromatic heterocycles. The van der Waals surface area contributed by atoms with Gasteiger partial charge < -0.3 is 11.1 Å². The van der Waals surface area contributed by atoms with Gasteiger partial charge in [-0.2, -0.15) is 4.68 Å². The van der Waals surface area contributed by atoms with E-state index in [1.807, 2.05) is 32.0 Å². The molecule has 0 saturated carbocycles. The van der Waals surface area contributed by atoms with Gasteiger partial charge in [0.2, 0.25) is 5.91 Å². The highest BCUT2D eigenvalue weighted by molar-refractivity contribution is 5.96. The maximum absolute atomic E-state index is 12.1. The van der Waals surface area contributed by atoms with Gasteiger partial charge in [0.15, 0.2) is 0 Å². The van der Waals surface area contributed by atoms with Crippen molar-refractivity contribution in [2.75, 3.05) is 5.32 Å². The number of carbonyl (C=O) groups is 1. The van der Waals surface area contributed by atoms with Gasteiger partial charge in [-0.3, -0.25) is 4.79 Å². The van der Waals surface area contributed by atoms with Crippen LogP contribution in [0.1, 0.15) is 20.3 Å². The van der Waals surface area contributed by atoms with Crippen molar-refractivity contribution in [3.63, 3.8) is 0 Å². The maximum Gasteiger partial charge on any atom is 0.241 e. The smallest absolute Gasteiger partial charge is 0.241 e. The molecule has 0 bridgehead atoms. The first-order chi connectivity index (χ1) is 9.58. The molecule has 3 N–H and O–H groups in total. The average Bonchev–Trinajstić information content (AvgIpc) is 2.92. The third kappa shape index (κ3) is 3.39. The Morgan fingerprint density at radius 2 is 2.15 bits per heavy atom. The fourth-order valence-corrected chi connectivity index (χ4v) is 1.89. The summed E-state index contributed by atoms with van der Waals surface area (Å²) < 4.78 is 1.49.